The molecule has 182 valence electrons. The van der Waals surface area contributed by atoms with E-state index >= 15 is 0 Å². The second kappa shape index (κ2) is 10.3. The number of carbonyl (C=O) groups is 1. The molecule has 1 atom stereocenters. The van der Waals surface area contributed by atoms with Crippen LogP contribution in [0, 0.1) is 29.6 Å². The van der Waals surface area contributed by atoms with Gasteiger partial charge in [-0.1, -0.05) is 50.6 Å². The molecule has 0 radical (unpaired) electrons. The number of nitrogens with zero attached hydrogens (tertiary/aromatic N) is 2. The zero-order valence-corrected chi connectivity index (χ0v) is 22.5. The molecule has 0 amide bonds. The summed E-state index contributed by atoms with van der Waals surface area (Å²) < 4.78 is 5.40. The minimum Gasteiger partial charge on any atom is -0.462 e. The third-order valence-corrected chi connectivity index (χ3v) is 8.58. The van der Waals surface area contributed by atoms with E-state index < -0.39 is 0 Å². The molecule has 1 aliphatic rings. The highest BCUT2D eigenvalue weighted by Gasteiger charge is 2.34. The van der Waals surface area contributed by atoms with Crippen molar-refractivity contribution in [3.8, 4) is 17.3 Å². The lowest BCUT2D eigenvalue weighted by molar-refractivity contribution is 0.0526. The maximum atomic E-state index is 12.9. The van der Waals surface area contributed by atoms with Gasteiger partial charge in [-0.05, 0) is 50.0 Å². The van der Waals surface area contributed by atoms with Gasteiger partial charge in [0.25, 0.3) is 0 Å². The first-order valence-electron chi connectivity index (χ1n) is 11.9. The molecule has 0 aliphatic heterocycles. The van der Waals surface area contributed by atoms with E-state index in [0.717, 1.165) is 41.1 Å². The standard InChI is InChI=1S/C28H31N3O2S2/c1-6-33-27(32)24-21-12-11-20(28(3,4)5)13-23(21)35-26(24)30-15-19(14-29)25-31-22(16-34-25)18-9-7-17(2)8-10-18/h7-10,15-16,20,30H,6,11-13H2,1-5H3/b19-15+. The van der Waals surface area contributed by atoms with Crippen molar-refractivity contribution in [2.24, 2.45) is 11.3 Å². The fraction of sp³-hybridized carbons (Fsp3) is 0.393. The molecule has 0 saturated carbocycles. The fourth-order valence-corrected chi connectivity index (χ4v) is 6.46. The fourth-order valence-electron chi connectivity index (χ4n) is 4.38. The molecule has 2 heterocycles. The highest BCUT2D eigenvalue weighted by atomic mass is 32.1. The Morgan fingerprint density at radius 3 is 2.71 bits per heavy atom. The summed E-state index contributed by atoms with van der Waals surface area (Å²) in [6.07, 6.45) is 4.54. The Bertz CT molecular complexity index is 1290. The molecule has 2 aromatic heterocycles. The van der Waals surface area contributed by atoms with E-state index in [2.05, 4.69) is 56.2 Å². The summed E-state index contributed by atoms with van der Waals surface area (Å²) >= 11 is 3.04. The smallest absolute Gasteiger partial charge is 0.341 e. The van der Waals surface area contributed by atoms with E-state index in [-0.39, 0.29) is 11.4 Å². The molecule has 3 aromatic rings. The number of nitriles is 1. The number of nitrogens with one attached hydrogen (secondary N) is 1. The first-order valence-corrected chi connectivity index (χ1v) is 13.6. The number of fused-ring (bicyclic) bond motifs is 1. The lowest BCUT2D eigenvalue weighted by Gasteiger charge is -2.33. The minimum atomic E-state index is -0.301. The Labute approximate surface area is 215 Å². The van der Waals surface area contributed by atoms with Crippen molar-refractivity contribution in [1.29, 1.82) is 5.26 Å². The van der Waals surface area contributed by atoms with Crippen LogP contribution in [0.2, 0.25) is 0 Å². The van der Waals surface area contributed by atoms with Crippen LogP contribution in [-0.4, -0.2) is 17.6 Å². The summed E-state index contributed by atoms with van der Waals surface area (Å²) in [5.74, 6) is 0.266. The number of aryl methyl sites for hydroxylation is 1. The number of ether oxygens (including phenoxy) is 1. The van der Waals surface area contributed by atoms with Crippen LogP contribution in [-0.2, 0) is 17.6 Å². The lowest BCUT2D eigenvalue weighted by Crippen LogP contribution is -2.26. The van der Waals surface area contributed by atoms with E-state index in [9.17, 15) is 10.1 Å². The van der Waals surface area contributed by atoms with E-state index in [1.807, 2.05) is 24.4 Å². The van der Waals surface area contributed by atoms with Crippen molar-refractivity contribution in [3.05, 3.63) is 62.4 Å². The predicted octanol–water partition coefficient (Wildman–Crippen LogP) is 7.48. The van der Waals surface area contributed by atoms with E-state index in [1.54, 1.807) is 17.5 Å². The third kappa shape index (κ3) is 5.50. The number of esters is 1. The number of benzene rings is 1. The van der Waals surface area contributed by atoms with Gasteiger partial charge < -0.3 is 10.1 Å². The van der Waals surface area contributed by atoms with Crippen molar-refractivity contribution in [1.82, 2.24) is 4.98 Å². The number of allylic oxidation sites excluding steroid dienone is 1. The zero-order chi connectivity index (χ0) is 25.2. The summed E-state index contributed by atoms with van der Waals surface area (Å²) in [7, 11) is 0. The van der Waals surface area contributed by atoms with Crippen LogP contribution in [0.5, 0.6) is 0 Å². The number of thiophene rings is 1. The first kappa shape index (κ1) is 25.2. The average molecular weight is 506 g/mol. The Kier molecular flexibility index (Phi) is 7.44. The van der Waals surface area contributed by atoms with E-state index in [0.29, 0.717) is 28.7 Å². The topological polar surface area (TPSA) is 75.0 Å². The minimum absolute atomic E-state index is 0.216. The largest absolute Gasteiger partial charge is 0.462 e. The van der Waals surface area contributed by atoms with Crippen LogP contribution in [0.25, 0.3) is 16.8 Å². The van der Waals surface area contributed by atoms with Gasteiger partial charge in [-0.3, -0.25) is 0 Å². The second-order valence-electron chi connectivity index (χ2n) is 9.95. The molecule has 35 heavy (non-hydrogen) atoms. The SMILES string of the molecule is CCOC(=O)c1c(N/C=C(\C#N)c2nc(-c3ccc(C)cc3)cs2)sc2c1CCC(C(C)(C)C)C2. The molecule has 0 saturated heterocycles. The van der Waals surface area contributed by atoms with Crippen molar-refractivity contribution in [3.63, 3.8) is 0 Å². The number of hydrogen-bond acceptors (Lipinski definition) is 7. The van der Waals surface area contributed by atoms with Crippen molar-refractivity contribution < 1.29 is 9.53 Å². The lowest BCUT2D eigenvalue weighted by atomic mass is 9.72. The van der Waals surface area contributed by atoms with E-state index in [1.165, 1.54) is 21.8 Å². The van der Waals surface area contributed by atoms with Crippen molar-refractivity contribution in [2.75, 3.05) is 11.9 Å². The van der Waals surface area contributed by atoms with Crippen LogP contribution in [0.1, 0.15) is 65.5 Å². The van der Waals surface area contributed by atoms with Crippen LogP contribution in [0.4, 0.5) is 5.00 Å². The van der Waals surface area contributed by atoms with Gasteiger partial charge in [0.15, 0.2) is 0 Å². The number of aromatic nitrogens is 1. The Morgan fingerprint density at radius 1 is 1.31 bits per heavy atom. The highest BCUT2D eigenvalue weighted by molar-refractivity contribution is 7.16. The molecule has 1 aliphatic carbocycles. The molecule has 0 fully saturated rings. The molecule has 1 N–H and O–H groups in total. The second-order valence-corrected chi connectivity index (χ2v) is 11.9. The summed E-state index contributed by atoms with van der Waals surface area (Å²) in [6.45, 7) is 11.0. The molecule has 4 rings (SSSR count). The number of anilines is 1. The van der Waals surface area contributed by atoms with Gasteiger partial charge >= 0.3 is 5.97 Å². The summed E-state index contributed by atoms with van der Waals surface area (Å²) in [5, 5.41) is 16.5. The predicted molar refractivity (Wildman–Crippen MR) is 145 cm³/mol. The zero-order valence-electron chi connectivity index (χ0n) is 20.9. The monoisotopic (exact) mass is 505 g/mol. The van der Waals surface area contributed by atoms with Gasteiger partial charge in [-0.25, -0.2) is 9.78 Å². The third-order valence-electron chi connectivity index (χ3n) is 6.52. The van der Waals surface area contributed by atoms with Crippen LogP contribution >= 0.6 is 22.7 Å². The first-order chi connectivity index (χ1) is 16.7. The van der Waals surface area contributed by atoms with Gasteiger partial charge in [0.1, 0.15) is 21.7 Å². The summed E-state index contributed by atoms with van der Waals surface area (Å²) in [5.41, 5.74) is 5.42. The van der Waals surface area contributed by atoms with Crippen LogP contribution < -0.4 is 5.32 Å². The van der Waals surface area contributed by atoms with Gasteiger partial charge in [-0.15, -0.1) is 22.7 Å². The number of carbonyl (C=O) groups excluding carboxylic acids is 1. The normalized spacial score (nSPS) is 15.9. The number of thiazole rings is 1. The summed E-state index contributed by atoms with van der Waals surface area (Å²) in [6, 6.07) is 10.4. The average Bonchev–Trinajstić information content (AvgIpc) is 3.44. The summed E-state index contributed by atoms with van der Waals surface area (Å²) in [4.78, 5) is 18.8. The quantitative estimate of drug-likeness (QED) is 0.277. The molecule has 1 unspecified atom stereocenters. The molecular formula is C28H31N3O2S2. The highest BCUT2D eigenvalue weighted by Crippen LogP contribution is 2.44. The molecule has 7 heteroatoms. The Hall–Kier alpha value is -2.95. The van der Waals surface area contributed by atoms with Gasteiger partial charge in [0, 0.05) is 22.0 Å². The van der Waals surface area contributed by atoms with E-state index in [4.69, 9.17) is 4.74 Å². The molecular weight excluding hydrogens is 474 g/mol. The maximum Gasteiger partial charge on any atom is 0.341 e. The van der Waals surface area contributed by atoms with Crippen LogP contribution in [0.15, 0.2) is 35.8 Å². The molecule has 1 aromatic carbocycles. The van der Waals surface area contributed by atoms with Crippen LogP contribution in [0.3, 0.4) is 0 Å². The van der Waals surface area contributed by atoms with Gasteiger partial charge in [-0.2, -0.15) is 5.26 Å². The number of rotatable bonds is 6. The van der Waals surface area contributed by atoms with Crippen molar-refractivity contribution >= 4 is 39.2 Å². The van der Waals surface area contributed by atoms with Crippen molar-refractivity contribution in [2.45, 2.75) is 53.9 Å². The Balaban J connectivity index is 1.63. The van der Waals surface area contributed by atoms with Gasteiger partial charge in [0.2, 0.25) is 0 Å². The molecule has 5 nitrogen and oxygen atoms in total. The Morgan fingerprint density at radius 2 is 2.06 bits per heavy atom. The molecule has 0 bridgehead atoms. The molecule has 0 spiro atoms. The number of hydrogen-bond donors (Lipinski definition) is 1. The van der Waals surface area contributed by atoms with Gasteiger partial charge in [0.05, 0.1) is 17.9 Å². The maximum absolute atomic E-state index is 12.9.